The van der Waals surface area contributed by atoms with Crippen molar-refractivity contribution in [1.29, 1.82) is 0 Å². The molecule has 0 saturated heterocycles. The zero-order chi connectivity index (χ0) is 15.5. The lowest BCUT2D eigenvalue weighted by Crippen LogP contribution is -2.38. The first-order chi connectivity index (χ1) is 9.94. The zero-order valence-corrected chi connectivity index (χ0v) is 13.0. The molecule has 1 atom stereocenters. The van der Waals surface area contributed by atoms with Crippen LogP contribution < -0.4 is 4.72 Å². The largest absolute Gasteiger partial charge is 0.395 e. The third-order valence-corrected chi connectivity index (χ3v) is 4.74. The van der Waals surface area contributed by atoms with Crippen LogP contribution in [0.4, 0.5) is 0 Å². The number of aromatic nitrogens is 1. The average Bonchev–Trinajstić information content (AvgIpc) is 2.45. The molecule has 0 spiro atoms. The van der Waals surface area contributed by atoms with Crippen LogP contribution in [0.3, 0.4) is 0 Å². The molecule has 0 saturated carbocycles. The normalized spacial score (nSPS) is 13.7. The van der Waals surface area contributed by atoms with Crippen molar-refractivity contribution in [3.8, 4) is 0 Å². The van der Waals surface area contributed by atoms with E-state index in [4.69, 9.17) is 0 Å². The van der Waals surface area contributed by atoms with E-state index in [1.54, 1.807) is 18.3 Å². The van der Waals surface area contributed by atoms with Gasteiger partial charge in [0.2, 0.25) is 10.0 Å². The summed E-state index contributed by atoms with van der Waals surface area (Å²) in [7, 11) is -3.72. The second-order valence-electron chi connectivity index (χ2n) is 5.46. The lowest BCUT2D eigenvalue weighted by molar-refractivity contribution is 0.240. The zero-order valence-electron chi connectivity index (χ0n) is 12.2. The van der Waals surface area contributed by atoms with Crippen LogP contribution in [0.1, 0.15) is 20.3 Å². The molecule has 0 aliphatic heterocycles. The lowest BCUT2D eigenvalue weighted by atomic mass is 10.1. The number of rotatable bonds is 6. The number of pyridine rings is 1. The van der Waals surface area contributed by atoms with Crippen LogP contribution in [0.15, 0.2) is 41.4 Å². The number of sulfonamides is 1. The fourth-order valence-corrected chi connectivity index (χ4v) is 3.72. The smallest absolute Gasteiger partial charge is 0.243 e. The van der Waals surface area contributed by atoms with Gasteiger partial charge in [-0.2, -0.15) is 0 Å². The van der Waals surface area contributed by atoms with Crippen LogP contribution in [0.2, 0.25) is 0 Å². The molecule has 21 heavy (non-hydrogen) atoms. The van der Waals surface area contributed by atoms with E-state index in [-0.39, 0.29) is 17.4 Å². The van der Waals surface area contributed by atoms with Crippen molar-refractivity contribution in [2.75, 3.05) is 6.61 Å². The van der Waals surface area contributed by atoms with Crippen molar-refractivity contribution in [2.45, 2.75) is 31.2 Å². The summed E-state index contributed by atoms with van der Waals surface area (Å²) >= 11 is 0. The summed E-state index contributed by atoms with van der Waals surface area (Å²) in [5, 5.41) is 10.1. The van der Waals surface area contributed by atoms with Crippen LogP contribution in [-0.4, -0.2) is 31.2 Å². The highest BCUT2D eigenvalue weighted by Crippen LogP contribution is 2.21. The molecule has 0 unspecified atom stereocenters. The minimum absolute atomic E-state index is 0.141. The predicted octanol–water partition coefficient (Wildman–Crippen LogP) is 1.92. The van der Waals surface area contributed by atoms with E-state index in [2.05, 4.69) is 9.71 Å². The van der Waals surface area contributed by atoms with Gasteiger partial charge in [0.25, 0.3) is 0 Å². The Morgan fingerprint density at radius 3 is 2.62 bits per heavy atom. The fourth-order valence-electron chi connectivity index (χ4n) is 2.30. The second-order valence-corrected chi connectivity index (χ2v) is 7.14. The molecule has 5 nitrogen and oxygen atoms in total. The average molecular weight is 308 g/mol. The van der Waals surface area contributed by atoms with E-state index in [1.165, 1.54) is 6.07 Å². The van der Waals surface area contributed by atoms with Gasteiger partial charge in [-0.25, -0.2) is 13.1 Å². The summed E-state index contributed by atoms with van der Waals surface area (Å²) in [5.74, 6) is 0.287. The van der Waals surface area contributed by atoms with Gasteiger partial charge < -0.3 is 5.11 Å². The van der Waals surface area contributed by atoms with Gasteiger partial charge in [0, 0.05) is 17.6 Å². The molecular weight excluding hydrogens is 288 g/mol. The quantitative estimate of drug-likeness (QED) is 0.854. The highest BCUT2D eigenvalue weighted by Gasteiger charge is 2.22. The second kappa shape index (κ2) is 6.51. The minimum atomic E-state index is -3.72. The third-order valence-electron chi connectivity index (χ3n) is 3.18. The van der Waals surface area contributed by atoms with Gasteiger partial charge >= 0.3 is 0 Å². The standard InChI is InChI=1S/C15H20N2O3S/c1-11(2)9-13(10-18)17-21(19,20)14-7-3-5-12-6-4-8-16-15(12)14/h3-8,11,13,17-18H,9-10H2,1-2H3/t13-/m1/s1. The van der Waals surface area contributed by atoms with Gasteiger partial charge in [-0.15, -0.1) is 0 Å². The molecule has 6 heteroatoms. The number of hydrogen-bond acceptors (Lipinski definition) is 4. The Morgan fingerprint density at radius 2 is 1.95 bits per heavy atom. The number of benzene rings is 1. The molecule has 114 valence electrons. The topological polar surface area (TPSA) is 79.3 Å². The molecule has 0 aliphatic carbocycles. The Bertz CT molecular complexity index is 708. The predicted molar refractivity (Wildman–Crippen MR) is 82.4 cm³/mol. The maximum absolute atomic E-state index is 12.5. The first-order valence-electron chi connectivity index (χ1n) is 6.91. The van der Waals surface area contributed by atoms with Crippen LogP contribution in [0.25, 0.3) is 10.9 Å². The molecular formula is C15H20N2O3S. The van der Waals surface area contributed by atoms with Crippen LogP contribution in [-0.2, 0) is 10.0 Å². The number of para-hydroxylation sites is 1. The minimum Gasteiger partial charge on any atom is -0.395 e. The van der Waals surface area contributed by atoms with Gasteiger partial charge in [-0.3, -0.25) is 4.98 Å². The van der Waals surface area contributed by atoms with Crippen molar-refractivity contribution in [1.82, 2.24) is 9.71 Å². The van der Waals surface area contributed by atoms with E-state index in [9.17, 15) is 13.5 Å². The first kappa shape index (κ1) is 15.9. The molecule has 0 radical (unpaired) electrons. The summed E-state index contributed by atoms with van der Waals surface area (Å²) in [6.07, 6.45) is 2.15. The molecule has 2 rings (SSSR count). The van der Waals surface area contributed by atoms with Gasteiger partial charge in [-0.05, 0) is 24.5 Å². The molecule has 2 N–H and O–H groups in total. The molecule has 2 aromatic rings. The van der Waals surface area contributed by atoms with Crippen LogP contribution in [0, 0.1) is 5.92 Å². The maximum Gasteiger partial charge on any atom is 0.243 e. The van der Waals surface area contributed by atoms with E-state index in [0.717, 1.165) is 5.39 Å². The van der Waals surface area contributed by atoms with E-state index in [1.807, 2.05) is 26.0 Å². The summed E-state index contributed by atoms with van der Waals surface area (Å²) in [6.45, 7) is 3.74. The molecule has 0 aliphatic rings. The summed E-state index contributed by atoms with van der Waals surface area (Å²) in [6, 6.07) is 8.13. The number of aliphatic hydroxyl groups excluding tert-OH is 1. The van der Waals surface area contributed by atoms with Crippen molar-refractivity contribution in [3.63, 3.8) is 0 Å². The molecule has 1 aromatic heterocycles. The van der Waals surface area contributed by atoms with Crippen molar-refractivity contribution < 1.29 is 13.5 Å². The Balaban J connectivity index is 2.38. The SMILES string of the molecule is CC(C)C[C@H](CO)NS(=O)(=O)c1cccc2cccnc12. The maximum atomic E-state index is 12.5. The number of hydrogen-bond donors (Lipinski definition) is 2. The molecule has 0 amide bonds. The Morgan fingerprint density at radius 1 is 1.24 bits per heavy atom. The van der Waals surface area contributed by atoms with E-state index < -0.39 is 16.1 Å². The van der Waals surface area contributed by atoms with E-state index >= 15 is 0 Å². The molecule has 1 aromatic carbocycles. The molecule has 0 bridgehead atoms. The van der Waals surface area contributed by atoms with Gasteiger partial charge in [0.15, 0.2) is 0 Å². The van der Waals surface area contributed by atoms with Crippen molar-refractivity contribution in [2.24, 2.45) is 5.92 Å². The summed E-state index contributed by atoms with van der Waals surface area (Å²) in [5.41, 5.74) is 0.439. The lowest BCUT2D eigenvalue weighted by Gasteiger charge is -2.18. The molecule has 1 heterocycles. The third kappa shape index (κ3) is 3.78. The van der Waals surface area contributed by atoms with Crippen LogP contribution in [0.5, 0.6) is 0 Å². The van der Waals surface area contributed by atoms with Crippen molar-refractivity contribution >= 4 is 20.9 Å². The summed E-state index contributed by atoms with van der Waals surface area (Å²) < 4.78 is 27.6. The van der Waals surface area contributed by atoms with Gasteiger partial charge in [0.05, 0.1) is 12.1 Å². The summed E-state index contributed by atoms with van der Waals surface area (Å²) in [4.78, 5) is 4.30. The number of nitrogens with one attached hydrogen (secondary N) is 1. The Hall–Kier alpha value is -1.50. The highest BCUT2D eigenvalue weighted by molar-refractivity contribution is 7.89. The molecule has 0 fully saturated rings. The Labute approximate surface area is 125 Å². The highest BCUT2D eigenvalue weighted by atomic mass is 32.2. The Kier molecular flexibility index (Phi) is 4.92. The van der Waals surface area contributed by atoms with Crippen LogP contribution >= 0.6 is 0 Å². The van der Waals surface area contributed by atoms with Crippen molar-refractivity contribution in [3.05, 3.63) is 36.5 Å². The number of fused-ring (bicyclic) bond motifs is 1. The van der Waals surface area contributed by atoms with E-state index in [0.29, 0.717) is 11.9 Å². The number of nitrogens with zero attached hydrogens (tertiary/aromatic N) is 1. The number of aliphatic hydroxyl groups is 1. The fraction of sp³-hybridized carbons (Fsp3) is 0.400. The first-order valence-corrected chi connectivity index (χ1v) is 8.39. The van der Waals surface area contributed by atoms with Gasteiger partial charge in [0.1, 0.15) is 4.90 Å². The van der Waals surface area contributed by atoms with Gasteiger partial charge in [-0.1, -0.05) is 32.0 Å². The monoisotopic (exact) mass is 308 g/mol.